The molecule has 1 aromatic carbocycles. The number of nitrogens with one attached hydrogen (secondary N) is 1. The molecule has 0 spiro atoms. The molecule has 0 saturated carbocycles. The number of amides is 1. The second-order valence-corrected chi connectivity index (χ2v) is 4.78. The highest BCUT2D eigenvalue weighted by molar-refractivity contribution is 5.90. The van der Waals surface area contributed by atoms with Crippen LogP contribution in [0.4, 0.5) is 5.69 Å². The summed E-state index contributed by atoms with van der Waals surface area (Å²) in [6.07, 6.45) is 1.95. The molecule has 0 aliphatic heterocycles. The van der Waals surface area contributed by atoms with Crippen LogP contribution in [0, 0.1) is 0 Å². The van der Waals surface area contributed by atoms with E-state index in [9.17, 15) is 4.79 Å². The number of aliphatic hydroxyl groups excluding tert-OH is 1. The lowest BCUT2D eigenvalue weighted by Crippen LogP contribution is -2.13. The Labute approximate surface area is 117 Å². The number of rotatable bonds is 5. The number of carbonyl (C=O) groups is 1. The van der Waals surface area contributed by atoms with Crippen LogP contribution in [0.2, 0.25) is 0 Å². The summed E-state index contributed by atoms with van der Waals surface area (Å²) in [6.45, 7) is 1.67. The Morgan fingerprint density at radius 1 is 1.40 bits per heavy atom. The van der Waals surface area contributed by atoms with Crippen molar-refractivity contribution in [2.45, 2.75) is 25.9 Å². The summed E-state index contributed by atoms with van der Waals surface area (Å²) in [5.74, 6) is 0.675. The highest BCUT2D eigenvalue weighted by Gasteiger charge is 2.07. The summed E-state index contributed by atoms with van der Waals surface area (Å²) in [4.78, 5) is 11.6. The van der Waals surface area contributed by atoms with E-state index in [4.69, 9.17) is 5.11 Å². The number of aliphatic hydroxyl groups is 1. The average Bonchev–Trinajstić information content (AvgIpc) is 2.84. The molecule has 1 heterocycles. The molecule has 1 aromatic heterocycles. The van der Waals surface area contributed by atoms with Gasteiger partial charge in [-0.15, -0.1) is 10.2 Å². The lowest BCUT2D eigenvalue weighted by molar-refractivity contribution is -0.116. The Morgan fingerprint density at radius 2 is 2.10 bits per heavy atom. The first-order valence-corrected chi connectivity index (χ1v) is 6.48. The van der Waals surface area contributed by atoms with Crippen LogP contribution in [-0.4, -0.2) is 31.9 Å². The third kappa shape index (κ3) is 3.64. The van der Waals surface area contributed by atoms with Crippen LogP contribution in [-0.2, 0) is 11.8 Å². The third-order valence-corrected chi connectivity index (χ3v) is 2.93. The van der Waals surface area contributed by atoms with Gasteiger partial charge in [0.1, 0.15) is 6.33 Å². The van der Waals surface area contributed by atoms with Crippen LogP contribution in [0.1, 0.15) is 19.8 Å². The topological polar surface area (TPSA) is 80.0 Å². The number of anilines is 1. The molecule has 0 fully saturated rings. The van der Waals surface area contributed by atoms with Crippen LogP contribution in [0.3, 0.4) is 0 Å². The van der Waals surface area contributed by atoms with Crippen molar-refractivity contribution in [1.82, 2.24) is 14.8 Å². The van der Waals surface area contributed by atoms with Gasteiger partial charge in [0.15, 0.2) is 5.82 Å². The van der Waals surface area contributed by atoms with Gasteiger partial charge >= 0.3 is 0 Å². The maximum atomic E-state index is 11.6. The zero-order valence-electron chi connectivity index (χ0n) is 11.6. The van der Waals surface area contributed by atoms with Gasteiger partial charge in [-0.2, -0.15) is 0 Å². The van der Waals surface area contributed by atoms with E-state index in [2.05, 4.69) is 15.5 Å². The molecule has 0 saturated heterocycles. The quantitative estimate of drug-likeness (QED) is 0.867. The van der Waals surface area contributed by atoms with Crippen molar-refractivity contribution < 1.29 is 9.90 Å². The molecule has 6 heteroatoms. The number of carbonyl (C=O) groups excluding carboxylic acids is 1. The van der Waals surface area contributed by atoms with Gasteiger partial charge in [-0.3, -0.25) is 4.79 Å². The molecule has 106 valence electrons. The van der Waals surface area contributed by atoms with Gasteiger partial charge in [-0.05, 0) is 37.6 Å². The van der Waals surface area contributed by atoms with E-state index in [1.165, 1.54) is 0 Å². The number of benzene rings is 1. The van der Waals surface area contributed by atoms with Crippen LogP contribution < -0.4 is 5.32 Å². The van der Waals surface area contributed by atoms with Crippen molar-refractivity contribution in [2.24, 2.45) is 7.05 Å². The Kier molecular flexibility index (Phi) is 4.47. The summed E-state index contributed by atoms with van der Waals surface area (Å²) in [7, 11) is 1.88. The minimum atomic E-state index is -0.459. The fourth-order valence-electron chi connectivity index (χ4n) is 1.81. The van der Waals surface area contributed by atoms with E-state index in [0.29, 0.717) is 12.8 Å². The van der Waals surface area contributed by atoms with Crippen LogP contribution in [0.5, 0.6) is 0 Å². The maximum Gasteiger partial charge on any atom is 0.224 e. The molecule has 2 aromatic rings. The molecule has 0 aliphatic carbocycles. The molecule has 2 N–H and O–H groups in total. The molecule has 1 amide bonds. The summed E-state index contributed by atoms with van der Waals surface area (Å²) in [6, 6.07) is 7.41. The van der Waals surface area contributed by atoms with E-state index in [1.807, 2.05) is 35.9 Å². The Balaban J connectivity index is 1.98. The number of aryl methyl sites for hydroxylation is 1. The molecule has 2 rings (SSSR count). The Hall–Kier alpha value is -2.21. The Morgan fingerprint density at radius 3 is 2.65 bits per heavy atom. The predicted molar refractivity (Wildman–Crippen MR) is 76.0 cm³/mol. The van der Waals surface area contributed by atoms with Crippen molar-refractivity contribution in [3.05, 3.63) is 30.6 Å². The van der Waals surface area contributed by atoms with Gasteiger partial charge < -0.3 is 15.0 Å². The first-order chi connectivity index (χ1) is 9.56. The molecule has 20 heavy (non-hydrogen) atoms. The Bertz CT molecular complexity index is 575. The van der Waals surface area contributed by atoms with E-state index in [-0.39, 0.29) is 5.91 Å². The molecule has 1 unspecified atom stereocenters. The molecule has 0 aliphatic rings. The zero-order valence-corrected chi connectivity index (χ0v) is 11.6. The smallest absolute Gasteiger partial charge is 0.224 e. The highest BCUT2D eigenvalue weighted by Crippen LogP contribution is 2.18. The average molecular weight is 274 g/mol. The van der Waals surface area contributed by atoms with E-state index >= 15 is 0 Å². The predicted octanol–water partition coefficient (Wildman–Crippen LogP) is 1.58. The lowest BCUT2D eigenvalue weighted by atomic mass is 10.2. The largest absolute Gasteiger partial charge is 0.393 e. The van der Waals surface area contributed by atoms with E-state index in [1.54, 1.807) is 13.3 Å². The number of hydrogen-bond donors (Lipinski definition) is 2. The van der Waals surface area contributed by atoms with Crippen LogP contribution in [0.25, 0.3) is 11.4 Å². The molecule has 6 nitrogen and oxygen atoms in total. The number of aromatic nitrogens is 3. The second kappa shape index (κ2) is 6.29. The van der Waals surface area contributed by atoms with Crippen LogP contribution >= 0.6 is 0 Å². The van der Waals surface area contributed by atoms with Gasteiger partial charge in [0, 0.05) is 24.7 Å². The lowest BCUT2D eigenvalue weighted by Gasteiger charge is -2.07. The number of hydrogen-bond acceptors (Lipinski definition) is 4. The zero-order chi connectivity index (χ0) is 14.5. The van der Waals surface area contributed by atoms with Crippen molar-refractivity contribution in [3.63, 3.8) is 0 Å². The minimum absolute atomic E-state index is 0.0997. The molecule has 0 radical (unpaired) electrons. The van der Waals surface area contributed by atoms with Gasteiger partial charge in [-0.1, -0.05) is 0 Å². The normalized spacial score (nSPS) is 12.2. The first-order valence-electron chi connectivity index (χ1n) is 6.48. The van der Waals surface area contributed by atoms with Crippen molar-refractivity contribution in [3.8, 4) is 11.4 Å². The van der Waals surface area contributed by atoms with Gasteiger partial charge in [0.05, 0.1) is 6.10 Å². The molecular weight excluding hydrogens is 256 g/mol. The van der Waals surface area contributed by atoms with Gasteiger partial charge in [-0.25, -0.2) is 0 Å². The van der Waals surface area contributed by atoms with Crippen molar-refractivity contribution in [2.75, 3.05) is 5.32 Å². The molecule has 1 atom stereocenters. The minimum Gasteiger partial charge on any atom is -0.393 e. The van der Waals surface area contributed by atoms with E-state index < -0.39 is 6.10 Å². The third-order valence-electron chi connectivity index (χ3n) is 2.93. The van der Waals surface area contributed by atoms with E-state index in [0.717, 1.165) is 17.1 Å². The van der Waals surface area contributed by atoms with Crippen molar-refractivity contribution >= 4 is 11.6 Å². The second-order valence-electron chi connectivity index (χ2n) is 4.78. The van der Waals surface area contributed by atoms with Gasteiger partial charge in [0.2, 0.25) is 5.91 Å². The SMILES string of the molecule is CC(O)CCC(=O)Nc1ccc(-c2nncn2C)cc1. The fourth-order valence-corrected chi connectivity index (χ4v) is 1.81. The highest BCUT2D eigenvalue weighted by atomic mass is 16.3. The van der Waals surface area contributed by atoms with Crippen LogP contribution in [0.15, 0.2) is 30.6 Å². The van der Waals surface area contributed by atoms with Crippen molar-refractivity contribution in [1.29, 1.82) is 0 Å². The standard InChI is InChI=1S/C14H18N4O2/c1-10(19)3-8-13(20)16-12-6-4-11(5-7-12)14-17-15-9-18(14)2/h4-7,9-10,19H,3,8H2,1-2H3,(H,16,20). The fraction of sp³-hybridized carbons (Fsp3) is 0.357. The molecular formula is C14H18N4O2. The monoisotopic (exact) mass is 274 g/mol. The summed E-state index contributed by atoms with van der Waals surface area (Å²) in [5, 5.41) is 19.8. The summed E-state index contributed by atoms with van der Waals surface area (Å²) < 4.78 is 1.83. The summed E-state index contributed by atoms with van der Waals surface area (Å²) in [5.41, 5.74) is 1.67. The number of nitrogens with zero attached hydrogens (tertiary/aromatic N) is 3. The van der Waals surface area contributed by atoms with Gasteiger partial charge in [0.25, 0.3) is 0 Å². The maximum absolute atomic E-state index is 11.6. The summed E-state index contributed by atoms with van der Waals surface area (Å²) >= 11 is 0. The first kappa shape index (κ1) is 14.2. The molecule has 0 bridgehead atoms.